The lowest BCUT2D eigenvalue weighted by molar-refractivity contribution is -0.385. The molecular weight excluding hydrogens is 669 g/mol. The molecule has 1 aromatic carbocycles. The van der Waals surface area contributed by atoms with Crippen LogP contribution in [0, 0.1) is 22.0 Å². The van der Waals surface area contributed by atoms with Crippen LogP contribution in [0.2, 0.25) is 0 Å². The summed E-state index contributed by atoms with van der Waals surface area (Å²) in [5, 5.41) is 24.8. The van der Waals surface area contributed by atoms with Crippen LogP contribution in [-0.4, -0.2) is 75.4 Å². The van der Waals surface area contributed by atoms with Crippen molar-refractivity contribution >= 4 is 51.9 Å². The van der Waals surface area contributed by atoms with Gasteiger partial charge in [0.05, 0.1) is 29.6 Å². The Morgan fingerprint density at radius 2 is 1.91 bits per heavy atom. The molecule has 0 aliphatic carbocycles. The van der Waals surface area contributed by atoms with Gasteiger partial charge in [0.25, 0.3) is 11.6 Å². The first-order chi connectivity index (χ1) is 21.0. The molecule has 24 heteroatoms. The molecule has 1 amide bonds. The largest absolute Gasteiger partial charge is 0.490 e. The summed E-state index contributed by atoms with van der Waals surface area (Å²) in [5.41, 5.74) is 5.02. The second kappa shape index (κ2) is 13.5. The van der Waals surface area contributed by atoms with Gasteiger partial charge in [0.15, 0.2) is 0 Å². The number of aromatic nitrogens is 3. The molecule has 3 aromatic rings. The molecule has 5 atom stereocenters. The summed E-state index contributed by atoms with van der Waals surface area (Å²) in [5.74, 6) is 4.34. The molecule has 1 fully saturated rings. The lowest BCUT2D eigenvalue weighted by Crippen LogP contribution is -2.26. The number of aliphatic hydroxyl groups excluding tert-OH is 1. The van der Waals surface area contributed by atoms with Crippen molar-refractivity contribution in [1.82, 2.24) is 14.5 Å². The third kappa shape index (κ3) is 8.85. The number of aliphatic hydroxyl groups is 1. The first kappa shape index (κ1) is 34.4. The zero-order chi connectivity index (χ0) is 33.2. The van der Waals surface area contributed by atoms with Crippen LogP contribution in [0.4, 0.5) is 11.5 Å². The van der Waals surface area contributed by atoms with Crippen molar-refractivity contribution in [2.24, 2.45) is 5.73 Å². The predicted octanol–water partition coefficient (Wildman–Crippen LogP) is 0.894. The van der Waals surface area contributed by atoms with Gasteiger partial charge in [-0.1, -0.05) is 11.8 Å². The molecule has 21 nitrogen and oxygen atoms in total. The zero-order valence-corrected chi connectivity index (χ0v) is 25.0. The number of hydrogen-bond acceptors (Lipinski definition) is 14. The van der Waals surface area contributed by atoms with Gasteiger partial charge in [-0.15, -0.1) is 0 Å². The van der Waals surface area contributed by atoms with Crippen LogP contribution < -0.4 is 11.1 Å². The van der Waals surface area contributed by atoms with E-state index in [9.17, 15) is 43.5 Å². The summed E-state index contributed by atoms with van der Waals surface area (Å²) in [6.45, 7) is -0.848. The first-order valence-corrected chi connectivity index (χ1v) is 16.7. The number of hydrogen-bond donors (Lipinski definition) is 7. The molecule has 1 saturated heterocycles. The number of nitro groups is 1. The van der Waals surface area contributed by atoms with Gasteiger partial charge in [-0.25, -0.2) is 23.7 Å². The first-order valence-electron chi connectivity index (χ1n) is 12.2. The van der Waals surface area contributed by atoms with E-state index in [1.54, 1.807) is 0 Å². The quantitative estimate of drug-likeness (QED) is 0.0635. The van der Waals surface area contributed by atoms with Crippen LogP contribution in [0.1, 0.15) is 28.6 Å². The average Bonchev–Trinajstić information content (AvgIpc) is 3.52. The Morgan fingerprint density at radius 1 is 1.18 bits per heavy atom. The molecule has 8 N–H and O–H groups in total. The molecule has 242 valence electrons. The van der Waals surface area contributed by atoms with Gasteiger partial charge in [-0.2, -0.15) is 8.62 Å². The van der Waals surface area contributed by atoms with Crippen molar-refractivity contribution in [1.29, 1.82) is 0 Å². The molecular formula is C21H23N6O15P3. The van der Waals surface area contributed by atoms with Crippen LogP contribution in [0.3, 0.4) is 0 Å². The number of carbonyl (C=O) groups is 1. The van der Waals surface area contributed by atoms with Crippen LogP contribution in [-0.2, 0) is 31.6 Å². The fourth-order valence-electron chi connectivity index (χ4n) is 4.09. The van der Waals surface area contributed by atoms with Crippen LogP contribution in [0.15, 0.2) is 36.8 Å². The molecule has 2 unspecified atom stereocenters. The SMILES string of the molecule is NCC#Cc1ccc(C(=O)Nc2ncnc3c2ccn3[C@H]2C[C@@H](O)[C@@H](COP(=O)(O)OP(=O)(O)OP(=O)(O)O)O2)c([N+](=O)[O-])c1. The second-order valence-corrected chi connectivity index (χ2v) is 13.4. The maximum absolute atomic E-state index is 13.0. The van der Waals surface area contributed by atoms with E-state index in [1.165, 1.54) is 29.0 Å². The maximum atomic E-state index is 13.0. The lowest BCUT2D eigenvalue weighted by Gasteiger charge is -2.19. The van der Waals surface area contributed by atoms with E-state index < -0.39 is 65.0 Å². The van der Waals surface area contributed by atoms with Gasteiger partial charge in [-0.3, -0.25) is 19.4 Å². The molecule has 0 spiro atoms. The minimum Gasteiger partial charge on any atom is -0.390 e. The number of amides is 1. The topological polar surface area (TPSA) is 318 Å². The monoisotopic (exact) mass is 692 g/mol. The van der Waals surface area contributed by atoms with Gasteiger partial charge in [-0.05, 0) is 18.2 Å². The van der Waals surface area contributed by atoms with Gasteiger partial charge in [0.2, 0.25) is 0 Å². The average molecular weight is 692 g/mol. The fourth-order valence-corrected chi connectivity index (χ4v) is 7.12. The molecule has 0 bridgehead atoms. The van der Waals surface area contributed by atoms with E-state index in [-0.39, 0.29) is 40.9 Å². The van der Waals surface area contributed by atoms with Crippen molar-refractivity contribution in [3.05, 3.63) is 58.0 Å². The summed E-state index contributed by atoms with van der Waals surface area (Å²) in [4.78, 5) is 68.2. The number of phosphoric acid groups is 3. The van der Waals surface area contributed by atoms with Crippen molar-refractivity contribution in [2.75, 3.05) is 18.5 Å². The molecule has 45 heavy (non-hydrogen) atoms. The molecule has 3 heterocycles. The number of nitrogens with two attached hydrogens (primary N) is 1. The van der Waals surface area contributed by atoms with Gasteiger partial charge >= 0.3 is 23.5 Å². The fraction of sp³-hybridized carbons (Fsp3) is 0.286. The molecule has 0 radical (unpaired) electrons. The van der Waals surface area contributed by atoms with E-state index >= 15 is 0 Å². The van der Waals surface area contributed by atoms with Gasteiger partial charge in [0, 0.05) is 24.2 Å². The Hall–Kier alpha value is -3.44. The summed E-state index contributed by atoms with van der Waals surface area (Å²) in [6, 6.07) is 5.26. The van der Waals surface area contributed by atoms with Gasteiger partial charge < -0.3 is 45.0 Å². The van der Waals surface area contributed by atoms with E-state index in [0.29, 0.717) is 0 Å². The summed E-state index contributed by atoms with van der Waals surface area (Å²) < 4.78 is 53.2. The highest BCUT2D eigenvalue weighted by molar-refractivity contribution is 7.66. The highest BCUT2D eigenvalue weighted by Crippen LogP contribution is 2.66. The van der Waals surface area contributed by atoms with Crippen LogP contribution in [0.25, 0.3) is 11.0 Å². The number of nitrogens with zero attached hydrogens (tertiary/aromatic N) is 4. The van der Waals surface area contributed by atoms with Crippen molar-refractivity contribution in [3.63, 3.8) is 0 Å². The third-order valence-electron chi connectivity index (χ3n) is 5.85. The Labute approximate surface area is 251 Å². The number of fused-ring (bicyclic) bond motifs is 1. The minimum atomic E-state index is -5.74. The van der Waals surface area contributed by atoms with Crippen LogP contribution in [0.5, 0.6) is 0 Å². The number of ether oxygens (including phenoxy) is 1. The van der Waals surface area contributed by atoms with E-state index in [2.05, 4.69) is 40.3 Å². The lowest BCUT2D eigenvalue weighted by atomic mass is 10.1. The standard InChI is InChI=1S/C21H23N6O15P3/c22-6-1-2-12-3-4-13(15(8-12)27(30)31)21(29)25-19-14-5-7-26(20(14)24-11-23-19)18-9-16(28)17(40-18)10-39-44(35,36)42-45(37,38)41-43(32,33)34/h3-5,7-8,11,16-18,28H,6,9-10,22H2,(H,35,36)(H,37,38)(H2,32,33,34)(H,23,24,25,29)/t16-,17-,18-/m1/s1. The maximum Gasteiger partial charge on any atom is 0.490 e. The Morgan fingerprint density at radius 3 is 2.58 bits per heavy atom. The van der Waals surface area contributed by atoms with Gasteiger partial charge in [0.1, 0.15) is 35.7 Å². The molecule has 4 rings (SSSR count). The van der Waals surface area contributed by atoms with Crippen molar-refractivity contribution in [2.45, 2.75) is 24.9 Å². The number of benzene rings is 1. The highest BCUT2D eigenvalue weighted by atomic mass is 31.3. The molecule has 1 aliphatic heterocycles. The molecule has 1 aliphatic rings. The molecule has 2 aromatic heterocycles. The second-order valence-electron chi connectivity index (χ2n) is 8.95. The summed E-state index contributed by atoms with van der Waals surface area (Å²) >= 11 is 0. The minimum absolute atomic E-state index is 0.0206. The third-order valence-corrected chi connectivity index (χ3v) is 9.65. The summed E-state index contributed by atoms with van der Waals surface area (Å²) in [6.07, 6.45) is -1.16. The predicted molar refractivity (Wildman–Crippen MR) is 149 cm³/mol. The van der Waals surface area contributed by atoms with E-state index in [4.69, 9.17) is 20.3 Å². The highest BCUT2D eigenvalue weighted by Gasteiger charge is 2.43. The number of anilines is 1. The number of phosphoric ester groups is 1. The number of nitrogens with one attached hydrogen (secondary N) is 1. The Kier molecular flexibility index (Phi) is 10.3. The Balaban J connectivity index is 1.47. The van der Waals surface area contributed by atoms with Crippen molar-refractivity contribution < 1.29 is 66.0 Å². The van der Waals surface area contributed by atoms with Crippen molar-refractivity contribution in [3.8, 4) is 11.8 Å². The Bertz CT molecular complexity index is 1830. The zero-order valence-electron chi connectivity index (χ0n) is 22.3. The van der Waals surface area contributed by atoms with E-state index in [0.717, 1.165) is 12.4 Å². The summed E-state index contributed by atoms with van der Waals surface area (Å²) in [7, 11) is -16.8. The number of rotatable bonds is 11. The molecule has 0 saturated carbocycles. The van der Waals surface area contributed by atoms with Crippen LogP contribution >= 0.6 is 23.5 Å². The number of carbonyl (C=O) groups excluding carboxylic acids is 1. The normalized spacial score (nSPS) is 21.0. The smallest absolute Gasteiger partial charge is 0.390 e. The van der Waals surface area contributed by atoms with E-state index in [1.807, 2.05) is 0 Å². The number of nitro benzene ring substituents is 1.